The van der Waals surface area contributed by atoms with Gasteiger partial charge in [0.25, 0.3) is 0 Å². The number of Topliss-reactive ketones (excluding diaryl/α,β-unsaturated/α-hetero) is 2. The Balaban J connectivity index is 2.48. The van der Waals surface area contributed by atoms with Crippen LogP contribution < -0.4 is 32.3 Å². The van der Waals surface area contributed by atoms with Crippen molar-refractivity contribution in [1.29, 1.82) is 0 Å². The third-order valence-corrected chi connectivity index (χ3v) is 2.88. The molecule has 6 N–H and O–H groups in total. The zero-order chi connectivity index (χ0) is 17.1. The van der Waals surface area contributed by atoms with E-state index in [9.17, 15) is 24.0 Å². The quantitative estimate of drug-likeness (QED) is 0.330. The molecule has 1 rings (SSSR count). The molecule has 11 nitrogen and oxygen atoms in total. The van der Waals surface area contributed by atoms with Crippen molar-refractivity contribution in [3.63, 3.8) is 0 Å². The topological polar surface area (TPSA) is 158 Å². The van der Waals surface area contributed by atoms with Crippen LogP contribution in [0.2, 0.25) is 0 Å². The van der Waals surface area contributed by atoms with Gasteiger partial charge in [-0.2, -0.15) is 0 Å². The van der Waals surface area contributed by atoms with E-state index in [0.717, 1.165) is 0 Å². The Morgan fingerprint density at radius 3 is 1.83 bits per heavy atom. The van der Waals surface area contributed by atoms with E-state index in [1.165, 1.54) is 0 Å². The second-order valence-corrected chi connectivity index (χ2v) is 4.80. The fourth-order valence-electron chi connectivity index (χ4n) is 1.67. The highest BCUT2D eigenvalue weighted by Gasteiger charge is 2.10. The van der Waals surface area contributed by atoms with Gasteiger partial charge < -0.3 is 10.6 Å². The first-order chi connectivity index (χ1) is 11.0. The van der Waals surface area contributed by atoms with Crippen LogP contribution in [0.5, 0.6) is 0 Å². The minimum absolute atomic E-state index is 0.0395. The van der Waals surface area contributed by atoms with Crippen molar-refractivity contribution in [3.05, 3.63) is 0 Å². The number of hydrazine groups is 2. The third-order valence-electron chi connectivity index (χ3n) is 2.88. The normalized spacial score (nSPS) is 19.7. The molecule has 11 heteroatoms. The maximum Gasteiger partial charge on any atom is 0.352 e. The average molecular weight is 328 g/mol. The summed E-state index contributed by atoms with van der Waals surface area (Å²) >= 11 is 0. The van der Waals surface area contributed by atoms with E-state index in [4.69, 9.17) is 0 Å². The summed E-state index contributed by atoms with van der Waals surface area (Å²) in [5.74, 6) is -0.324. The minimum Gasteiger partial charge on any atom is -0.337 e. The molecule has 1 heterocycles. The Hall–Kier alpha value is -2.85. The average Bonchev–Trinajstić information content (AvgIpc) is 2.53. The Labute approximate surface area is 132 Å². The summed E-state index contributed by atoms with van der Waals surface area (Å²) in [7, 11) is 0. The molecule has 0 aromatic heterocycles. The van der Waals surface area contributed by atoms with E-state index in [1.807, 2.05) is 16.3 Å². The van der Waals surface area contributed by atoms with Crippen LogP contribution in [0.3, 0.4) is 0 Å². The van der Waals surface area contributed by atoms with E-state index in [0.29, 0.717) is 25.8 Å². The first-order valence-corrected chi connectivity index (χ1v) is 7.14. The van der Waals surface area contributed by atoms with Crippen LogP contribution >= 0.6 is 0 Å². The van der Waals surface area contributed by atoms with E-state index in [2.05, 4.69) is 16.1 Å². The molecule has 1 fully saturated rings. The van der Waals surface area contributed by atoms with E-state index in [1.54, 1.807) is 0 Å². The Morgan fingerprint density at radius 2 is 1.13 bits per heavy atom. The standard InChI is InChI=1S/C12H20N6O5/c19-8-3-1-2-6-13-10(21)15-17-12(23)18-16-11(22)14-7-9(20)5-4-8/h1-7H2,(H2,13,15,21)(H2,14,16,22)(H2,17,18,23). The summed E-state index contributed by atoms with van der Waals surface area (Å²) in [5, 5.41) is 4.71. The van der Waals surface area contributed by atoms with Crippen LogP contribution in [-0.2, 0) is 9.59 Å². The van der Waals surface area contributed by atoms with Crippen molar-refractivity contribution in [2.75, 3.05) is 13.1 Å². The molecule has 0 saturated carbocycles. The molecule has 128 valence electrons. The fourth-order valence-corrected chi connectivity index (χ4v) is 1.67. The zero-order valence-electron chi connectivity index (χ0n) is 12.5. The molecule has 0 aromatic rings. The van der Waals surface area contributed by atoms with Crippen molar-refractivity contribution in [2.24, 2.45) is 0 Å². The van der Waals surface area contributed by atoms with Gasteiger partial charge in [0.2, 0.25) is 0 Å². The number of hydrogen-bond donors (Lipinski definition) is 6. The number of rotatable bonds is 0. The van der Waals surface area contributed by atoms with Gasteiger partial charge in [0.1, 0.15) is 5.78 Å². The van der Waals surface area contributed by atoms with E-state index in [-0.39, 0.29) is 31.0 Å². The molecule has 6 amide bonds. The lowest BCUT2D eigenvalue weighted by molar-refractivity contribution is -0.123. The van der Waals surface area contributed by atoms with Crippen LogP contribution in [-0.4, -0.2) is 42.7 Å². The highest BCUT2D eigenvalue weighted by Crippen LogP contribution is 2.01. The summed E-state index contributed by atoms with van der Waals surface area (Å²) in [5.41, 5.74) is 8.00. The maximum absolute atomic E-state index is 11.6. The largest absolute Gasteiger partial charge is 0.352 e. The predicted molar refractivity (Wildman–Crippen MR) is 77.8 cm³/mol. The Bertz CT molecular complexity index is 441. The van der Waals surface area contributed by atoms with Crippen molar-refractivity contribution < 1.29 is 24.0 Å². The molecule has 0 aliphatic carbocycles. The summed E-state index contributed by atoms with van der Waals surface area (Å²) in [4.78, 5) is 57.0. The third kappa shape index (κ3) is 8.90. The van der Waals surface area contributed by atoms with Gasteiger partial charge in [-0.15, -0.1) is 0 Å². The highest BCUT2D eigenvalue weighted by atomic mass is 16.2. The van der Waals surface area contributed by atoms with Crippen LogP contribution in [0, 0.1) is 0 Å². The second kappa shape index (κ2) is 9.97. The van der Waals surface area contributed by atoms with Gasteiger partial charge in [-0.25, -0.2) is 36.1 Å². The first kappa shape index (κ1) is 18.2. The van der Waals surface area contributed by atoms with Gasteiger partial charge in [-0.05, 0) is 12.8 Å². The number of nitrogens with one attached hydrogen (secondary N) is 6. The number of carbonyl (C=O) groups excluding carboxylic acids is 5. The second-order valence-electron chi connectivity index (χ2n) is 4.80. The molecule has 1 aliphatic heterocycles. The van der Waals surface area contributed by atoms with E-state index < -0.39 is 18.1 Å². The van der Waals surface area contributed by atoms with Gasteiger partial charge in [0.05, 0.1) is 6.54 Å². The van der Waals surface area contributed by atoms with Gasteiger partial charge >= 0.3 is 18.1 Å². The van der Waals surface area contributed by atoms with E-state index >= 15 is 0 Å². The first-order valence-electron chi connectivity index (χ1n) is 7.14. The van der Waals surface area contributed by atoms with Crippen LogP contribution in [0.1, 0.15) is 32.1 Å². The number of ketones is 2. The maximum atomic E-state index is 11.6. The SMILES string of the molecule is O=C1CCCCNC(=O)NNC(=O)NNC(=O)NCC(=O)CC1. The molecule has 1 aliphatic rings. The van der Waals surface area contributed by atoms with Crippen molar-refractivity contribution in [1.82, 2.24) is 32.3 Å². The summed E-state index contributed by atoms with van der Waals surface area (Å²) < 4.78 is 0. The summed E-state index contributed by atoms with van der Waals surface area (Å²) in [6, 6.07) is -2.29. The molecule has 0 atom stereocenters. The number of carbonyl (C=O) groups is 5. The molecule has 0 unspecified atom stereocenters. The Kier molecular flexibility index (Phi) is 7.89. The van der Waals surface area contributed by atoms with Crippen LogP contribution in [0.4, 0.5) is 14.4 Å². The number of hydrogen-bond acceptors (Lipinski definition) is 5. The molecule has 23 heavy (non-hydrogen) atoms. The fraction of sp³-hybridized carbons (Fsp3) is 0.583. The Morgan fingerprint density at radius 1 is 0.565 bits per heavy atom. The summed E-state index contributed by atoms with van der Waals surface area (Å²) in [6.07, 6.45) is 1.67. The lowest BCUT2D eigenvalue weighted by atomic mass is 10.1. The van der Waals surface area contributed by atoms with Crippen molar-refractivity contribution >= 4 is 29.7 Å². The van der Waals surface area contributed by atoms with Gasteiger partial charge in [0.15, 0.2) is 5.78 Å². The molecule has 1 saturated heterocycles. The molecule has 0 bridgehead atoms. The molecule has 0 radical (unpaired) electrons. The molecular weight excluding hydrogens is 308 g/mol. The zero-order valence-corrected chi connectivity index (χ0v) is 12.5. The minimum atomic E-state index is -0.867. The summed E-state index contributed by atoms with van der Waals surface area (Å²) in [6.45, 7) is 0.0884. The lowest BCUT2D eigenvalue weighted by Gasteiger charge is -2.11. The molecule has 0 spiro atoms. The highest BCUT2D eigenvalue weighted by molar-refractivity contribution is 5.89. The van der Waals surface area contributed by atoms with Crippen LogP contribution in [0.15, 0.2) is 0 Å². The number of urea groups is 3. The van der Waals surface area contributed by atoms with Crippen molar-refractivity contribution in [2.45, 2.75) is 32.1 Å². The van der Waals surface area contributed by atoms with Crippen LogP contribution in [0.25, 0.3) is 0 Å². The van der Waals surface area contributed by atoms with Gasteiger partial charge in [-0.3, -0.25) is 9.59 Å². The van der Waals surface area contributed by atoms with Gasteiger partial charge in [-0.1, -0.05) is 0 Å². The number of amides is 6. The lowest BCUT2D eigenvalue weighted by Crippen LogP contribution is -2.56. The molecule has 0 aromatic carbocycles. The van der Waals surface area contributed by atoms with Crippen molar-refractivity contribution in [3.8, 4) is 0 Å². The molecular formula is C12H20N6O5. The monoisotopic (exact) mass is 328 g/mol. The smallest absolute Gasteiger partial charge is 0.337 e. The predicted octanol–water partition coefficient (Wildman–Crippen LogP) is -1.18. The van der Waals surface area contributed by atoms with Gasteiger partial charge in [0, 0.05) is 25.8 Å².